The van der Waals surface area contributed by atoms with E-state index in [1.165, 1.54) is 6.07 Å². The maximum Gasteiger partial charge on any atom is 0.252 e. The topological polar surface area (TPSA) is 91.9 Å². The van der Waals surface area contributed by atoms with Crippen molar-refractivity contribution in [3.63, 3.8) is 0 Å². The van der Waals surface area contributed by atoms with Gasteiger partial charge in [-0.2, -0.15) is 0 Å². The molecule has 0 radical (unpaired) electrons. The molecule has 1 rings (SSSR count). The second-order valence-corrected chi connectivity index (χ2v) is 5.53. The number of rotatable bonds is 4. The Morgan fingerprint density at radius 2 is 2.20 bits per heavy atom. The Labute approximate surface area is 87.7 Å². The molecule has 0 spiro atoms. The fraction of sp³-hybridized carbons (Fsp3) is 0.500. The van der Waals surface area contributed by atoms with Crippen molar-refractivity contribution in [2.75, 3.05) is 23.9 Å². The van der Waals surface area contributed by atoms with Gasteiger partial charge in [-0.15, -0.1) is 0 Å². The molecular formula is C8H13N3O3S. The highest BCUT2D eigenvalue weighted by Gasteiger charge is 2.02. The summed E-state index contributed by atoms with van der Waals surface area (Å²) in [6.45, 7) is 1.90. The Bertz CT molecular complexity index is 492. The van der Waals surface area contributed by atoms with Crippen molar-refractivity contribution in [1.29, 1.82) is 0 Å². The van der Waals surface area contributed by atoms with Gasteiger partial charge >= 0.3 is 0 Å². The van der Waals surface area contributed by atoms with Crippen LogP contribution in [0.3, 0.4) is 0 Å². The molecule has 0 saturated carbocycles. The molecule has 0 bridgehead atoms. The van der Waals surface area contributed by atoms with Gasteiger partial charge in [0.25, 0.3) is 5.56 Å². The lowest BCUT2D eigenvalue weighted by atomic mass is 10.5. The summed E-state index contributed by atoms with van der Waals surface area (Å²) in [6, 6.07) is 1.29. The van der Waals surface area contributed by atoms with E-state index in [4.69, 9.17) is 0 Å². The minimum atomic E-state index is -2.99. The van der Waals surface area contributed by atoms with E-state index < -0.39 is 9.84 Å². The summed E-state index contributed by atoms with van der Waals surface area (Å²) in [5.74, 6) is 0.893. The molecular weight excluding hydrogens is 218 g/mol. The lowest BCUT2D eigenvalue weighted by Crippen LogP contribution is -2.17. The van der Waals surface area contributed by atoms with Crippen molar-refractivity contribution in [2.45, 2.75) is 6.92 Å². The number of anilines is 1. The molecule has 0 atom stereocenters. The average Bonchev–Trinajstić information content (AvgIpc) is 1.99. The number of nitrogens with one attached hydrogen (secondary N) is 2. The van der Waals surface area contributed by atoms with Gasteiger partial charge in [0.05, 0.1) is 5.75 Å². The third-order valence-electron chi connectivity index (χ3n) is 1.64. The zero-order chi connectivity index (χ0) is 11.5. The molecule has 15 heavy (non-hydrogen) atoms. The first kappa shape index (κ1) is 11.7. The van der Waals surface area contributed by atoms with Crippen LogP contribution in [0.5, 0.6) is 0 Å². The Kier molecular flexibility index (Phi) is 3.46. The summed E-state index contributed by atoms with van der Waals surface area (Å²) in [5, 5.41) is 2.77. The van der Waals surface area contributed by atoms with Crippen molar-refractivity contribution in [3.8, 4) is 0 Å². The molecule has 1 heterocycles. The summed E-state index contributed by atoms with van der Waals surface area (Å²) in [5.41, 5.74) is -0.260. The SMILES string of the molecule is Cc1nc(NCCS(C)(=O)=O)cc(=O)[nH]1. The van der Waals surface area contributed by atoms with Crippen LogP contribution < -0.4 is 10.9 Å². The zero-order valence-electron chi connectivity index (χ0n) is 8.57. The fourth-order valence-electron chi connectivity index (χ4n) is 1.03. The molecule has 0 saturated heterocycles. The van der Waals surface area contributed by atoms with Gasteiger partial charge < -0.3 is 10.3 Å². The van der Waals surface area contributed by atoms with Gasteiger partial charge in [0, 0.05) is 18.9 Å². The van der Waals surface area contributed by atoms with Crippen LogP contribution in [0.15, 0.2) is 10.9 Å². The molecule has 2 N–H and O–H groups in total. The van der Waals surface area contributed by atoms with Crippen LogP contribution in [0.2, 0.25) is 0 Å². The van der Waals surface area contributed by atoms with Crippen LogP contribution in [-0.2, 0) is 9.84 Å². The number of aromatic amines is 1. The highest BCUT2D eigenvalue weighted by molar-refractivity contribution is 7.90. The summed E-state index contributed by atoms with van der Waals surface area (Å²) in [4.78, 5) is 17.5. The van der Waals surface area contributed by atoms with E-state index in [0.717, 1.165) is 6.26 Å². The van der Waals surface area contributed by atoms with Crippen molar-refractivity contribution in [2.24, 2.45) is 0 Å². The summed E-state index contributed by atoms with van der Waals surface area (Å²) >= 11 is 0. The standard InChI is InChI=1S/C8H13N3O3S/c1-6-10-7(5-8(12)11-6)9-3-4-15(2,13)14/h5H,3-4H2,1-2H3,(H2,9,10,11,12). The van der Waals surface area contributed by atoms with Gasteiger partial charge in [-0.25, -0.2) is 13.4 Å². The predicted octanol–water partition coefficient (Wildman–Crippen LogP) is -0.465. The molecule has 0 aromatic carbocycles. The van der Waals surface area contributed by atoms with Crippen molar-refractivity contribution < 1.29 is 8.42 Å². The van der Waals surface area contributed by atoms with E-state index in [2.05, 4.69) is 15.3 Å². The maximum atomic E-state index is 11.0. The van der Waals surface area contributed by atoms with Crippen molar-refractivity contribution in [1.82, 2.24) is 9.97 Å². The first-order valence-corrected chi connectivity index (χ1v) is 6.42. The summed E-state index contributed by atoms with van der Waals surface area (Å²) in [6.07, 6.45) is 1.16. The van der Waals surface area contributed by atoms with E-state index in [0.29, 0.717) is 11.6 Å². The fourth-order valence-corrected chi connectivity index (χ4v) is 1.51. The van der Waals surface area contributed by atoms with Crippen molar-refractivity contribution >= 4 is 15.7 Å². The van der Waals surface area contributed by atoms with E-state index in [1.54, 1.807) is 6.92 Å². The number of hydrogen-bond donors (Lipinski definition) is 2. The van der Waals surface area contributed by atoms with E-state index in [-0.39, 0.29) is 17.9 Å². The highest BCUT2D eigenvalue weighted by atomic mass is 32.2. The van der Waals surface area contributed by atoms with E-state index in [1.807, 2.05) is 0 Å². The molecule has 7 heteroatoms. The van der Waals surface area contributed by atoms with Gasteiger partial charge in [-0.1, -0.05) is 0 Å². The molecule has 0 unspecified atom stereocenters. The minimum Gasteiger partial charge on any atom is -0.369 e. The largest absolute Gasteiger partial charge is 0.369 e. The molecule has 1 aromatic rings. The number of aromatic nitrogens is 2. The van der Waals surface area contributed by atoms with E-state index in [9.17, 15) is 13.2 Å². The first-order chi connectivity index (χ1) is 6.87. The average molecular weight is 231 g/mol. The number of nitrogens with zero attached hydrogens (tertiary/aromatic N) is 1. The molecule has 84 valence electrons. The maximum absolute atomic E-state index is 11.0. The molecule has 0 aliphatic carbocycles. The van der Waals surface area contributed by atoms with Crippen LogP contribution in [0.25, 0.3) is 0 Å². The van der Waals surface area contributed by atoms with Crippen LogP contribution in [0, 0.1) is 6.92 Å². The second kappa shape index (κ2) is 4.43. The van der Waals surface area contributed by atoms with E-state index >= 15 is 0 Å². The Morgan fingerprint density at radius 1 is 1.53 bits per heavy atom. The van der Waals surface area contributed by atoms with Crippen LogP contribution in [0.1, 0.15) is 5.82 Å². The lowest BCUT2D eigenvalue weighted by molar-refractivity contribution is 0.602. The highest BCUT2D eigenvalue weighted by Crippen LogP contribution is 1.97. The predicted molar refractivity (Wildman–Crippen MR) is 57.8 cm³/mol. The third kappa shape index (κ3) is 4.59. The molecule has 1 aromatic heterocycles. The molecule has 0 fully saturated rings. The normalized spacial score (nSPS) is 11.3. The minimum absolute atomic E-state index is 0.0144. The first-order valence-electron chi connectivity index (χ1n) is 4.36. The number of aryl methyl sites for hydroxylation is 1. The van der Waals surface area contributed by atoms with Gasteiger partial charge in [0.1, 0.15) is 21.5 Å². The van der Waals surface area contributed by atoms with Gasteiger partial charge in [-0.3, -0.25) is 4.79 Å². The lowest BCUT2D eigenvalue weighted by Gasteiger charge is -2.04. The second-order valence-electron chi connectivity index (χ2n) is 3.27. The smallest absolute Gasteiger partial charge is 0.252 e. The monoisotopic (exact) mass is 231 g/mol. The molecule has 0 aliphatic heterocycles. The van der Waals surface area contributed by atoms with Gasteiger partial charge in [0.15, 0.2) is 0 Å². The number of sulfone groups is 1. The van der Waals surface area contributed by atoms with Crippen LogP contribution in [-0.4, -0.2) is 36.9 Å². The van der Waals surface area contributed by atoms with Gasteiger partial charge in [0.2, 0.25) is 0 Å². The number of H-pyrrole nitrogens is 1. The molecule has 0 aliphatic rings. The third-order valence-corrected chi connectivity index (χ3v) is 2.58. The van der Waals surface area contributed by atoms with Gasteiger partial charge in [-0.05, 0) is 6.92 Å². The number of hydrogen-bond acceptors (Lipinski definition) is 5. The van der Waals surface area contributed by atoms with Crippen LogP contribution in [0.4, 0.5) is 5.82 Å². The van der Waals surface area contributed by atoms with Crippen molar-refractivity contribution in [3.05, 3.63) is 22.2 Å². The van der Waals surface area contributed by atoms with Crippen LogP contribution >= 0.6 is 0 Å². The Morgan fingerprint density at radius 3 is 2.73 bits per heavy atom. The quantitative estimate of drug-likeness (QED) is 0.731. The molecule has 0 amide bonds. The Hall–Kier alpha value is -1.37. The Balaban J connectivity index is 2.62. The summed E-state index contributed by atoms with van der Waals surface area (Å²) < 4.78 is 21.7. The molecule has 6 nitrogen and oxygen atoms in total. The zero-order valence-corrected chi connectivity index (χ0v) is 9.39. The summed E-state index contributed by atoms with van der Waals surface area (Å²) in [7, 11) is -2.99.